The number of para-hydroxylation sites is 1. The molecule has 1 aliphatic carbocycles. The number of rotatable bonds is 7. The van der Waals surface area contributed by atoms with E-state index in [2.05, 4.69) is 23.0 Å². The van der Waals surface area contributed by atoms with Gasteiger partial charge in [-0.2, -0.15) is 0 Å². The lowest BCUT2D eigenvalue weighted by Gasteiger charge is -2.25. The Morgan fingerprint density at radius 1 is 1.19 bits per heavy atom. The molecule has 170 valence electrons. The smallest absolute Gasteiger partial charge is 0.331 e. The molecular weight excluding hydrogens is 404 g/mol. The van der Waals surface area contributed by atoms with E-state index in [0.29, 0.717) is 12.1 Å². The number of aliphatic imine (C=N–C) groups is 1. The van der Waals surface area contributed by atoms with Crippen molar-refractivity contribution in [2.24, 2.45) is 4.99 Å². The largest absolute Gasteiger partial charge is 0.494 e. The normalized spacial score (nSPS) is 16.5. The maximum absolute atomic E-state index is 12.7. The highest BCUT2D eigenvalue weighted by Crippen LogP contribution is 2.30. The molecule has 4 rings (SSSR count). The van der Waals surface area contributed by atoms with E-state index < -0.39 is 11.2 Å². The lowest BCUT2D eigenvalue weighted by molar-refractivity contribution is 0.298. The highest BCUT2D eigenvalue weighted by Gasteiger charge is 2.25. The summed E-state index contributed by atoms with van der Waals surface area (Å²) in [5.74, 6) is -0.242. The van der Waals surface area contributed by atoms with Gasteiger partial charge in [0.05, 0.1) is 11.8 Å². The van der Waals surface area contributed by atoms with Crippen molar-refractivity contribution in [3.05, 3.63) is 62.4 Å². The van der Waals surface area contributed by atoms with Gasteiger partial charge in [0.25, 0.3) is 5.56 Å². The summed E-state index contributed by atoms with van der Waals surface area (Å²) in [4.78, 5) is 35.9. The van der Waals surface area contributed by atoms with Crippen LogP contribution in [0.25, 0.3) is 10.9 Å². The predicted molar refractivity (Wildman–Crippen MR) is 128 cm³/mol. The molecule has 0 amide bonds. The fourth-order valence-corrected chi connectivity index (χ4v) is 4.86. The number of hydrogen-bond acceptors (Lipinski definition) is 4. The van der Waals surface area contributed by atoms with Gasteiger partial charge in [0.1, 0.15) is 5.56 Å². The first-order chi connectivity index (χ1) is 15.5. The van der Waals surface area contributed by atoms with E-state index in [0.717, 1.165) is 50.5 Å². The second-order valence-corrected chi connectivity index (χ2v) is 8.67. The minimum Gasteiger partial charge on any atom is -0.494 e. The number of fused-ring (bicyclic) bond motifs is 1. The summed E-state index contributed by atoms with van der Waals surface area (Å²) < 4.78 is 1.38. The van der Waals surface area contributed by atoms with E-state index in [4.69, 9.17) is 4.99 Å². The summed E-state index contributed by atoms with van der Waals surface area (Å²) >= 11 is 0. The van der Waals surface area contributed by atoms with Crippen LogP contribution in [0.15, 0.2) is 45.0 Å². The molecule has 1 aromatic carbocycles. The lowest BCUT2D eigenvalue weighted by atomic mass is 9.95. The topological polar surface area (TPSA) is 103 Å². The number of benzene rings is 1. The summed E-state index contributed by atoms with van der Waals surface area (Å²) in [7, 11) is 0. The fourth-order valence-electron chi connectivity index (χ4n) is 4.86. The SMILES string of the molecule is CCC(=NC(CC)Cc1c[nH]c2ccccc12)c1c(O)n(C2CCCCC2)c(=O)[nH]c1=O. The maximum Gasteiger partial charge on any atom is 0.331 e. The number of aromatic nitrogens is 3. The van der Waals surface area contributed by atoms with Crippen LogP contribution in [0, 0.1) is 0 Å². The van der Waals surface area contributed by atoms with Crippen molar-refractivity contribution in [1.82, 2.24) is 14.5 Å². The quantitative estimate of drug-likeness (QED) is 0.477. The molecule has 3 aromatic rings. The molecule has 1 aliphatic rings. The van der Waals surface area contributed by atoms with Gasteiger partial charge >= 0.3 is 5.69 Å². The van der Waals surface area contributed by atoms with Gasteiger partial charge < -0.3 is 10.1 Å². The first kappa shape index (κ1) is 22.1. The number of aromatic hydroxyl groups is 1. The van der Waals surface area contributed by atoms with Crippen LogP contribution in [0.4, 0.5) is 0 Å². The van der Waals surface area contributed by atoms with Crippen LogP contribution in [-0.2, 0) is 6.42 Å². The Bertz CT molecular complexity index is 1230. The summed E-state index contributed by atoms with van der Waals surface area (Å²) in [6, 6.07) is 8.04. The van der Waals surface area contributed by atoms with Crippen LogP contribution < -0.4 is 11.2 Å². The molecule has 1 atom stereocenters. The van der Waals surface area contributed by atoms with Crippen LogP contribution in [-0.4, -0.2) is 31.4 Å². The molecule has 1 unspecified atom stereocenters. The summed E-state index contributed by atoms with van der Waals surface area (Å²) in [6.45, 7) is 4.00. The minimum atomic E-state index is -0.567. The average molecular weight is 437 g/mol. The van der Waals surface area contributed by atoms with Crippen LogP contribution in [0.5, 0.6) is 5.88 Å². The Morgan fingerprint density at radius 3 is 2.66 bits per heavy atom. The first-order valence-electron chi connectivity index (χ1n) is 11.7. The molecule has 0 saturated heterocycles. The van der Waals surface area contributed by atoms with Gasteiger partial charge in [-0.1, -0.05) is 51.3 Å². The zero-order valence-electron chi connectivity index (χ0n) is 18.9. The zero-order chi connectivity index (χ0) is 22.7. The standard InChI is InChI=1S/C25H32N4O3/c1-3-17(14-16-15-26-21-13-9-8-12-19(16)21)27-20(4-2)22-23(30)28-25(32)29(24(22)31)18-10-6-5-7-11-18/h8-9,12-13,15,17-18,26,31H,3-7,10-11,14H2,1-2H3,(H,28,30,32). The highest BCUT2D eigenvalue weighted by atomic mass is 16.3. The molecular formula is C25H32N4O3. The molecule has 0 spiro atoms. The van der Waals surface area contributed by atoms with E-state index in [9.17, 15) is 14.7 Å². The second-order valence-electron chi connectivity index (χ2n) is 8.67. The molecule has 2 heterocycles. The van der Waals surface area contributed by atoms with E-state index >= 15 is 0 Å². The molecule has 7 heteroatoms. The van der Waals surface area contributed by atoms with Gasteiger partial charge in [-0.3, -0.25) is 19.3 Å². The average Bonchev–Trinajstić information content (AvgIpc) is 3.21. The summed E-state index contributed by atoms with van der Waals surface area (Å²) in [6.07, 6.45) is 8.85. The van der Waals surface area contributed by atoms with Crippen molar-refractivity contribution in [3.8, 4) is 5.88 Å². The van der Waals surface area contributed by atoms with Crippen molar-refractivity contribution in [2.45, 2.75) is 77.3 Å². The number of nitrogens with zero attached hydrogens (tertiary/aromatic N) is 2. The Morgan fingerprint density at radius 2 is 1.94 bits per heavy atom. The highest BCUT2D eigenvalue weighted by molar-refractivity contribution is 6.02. The number of H-pyrrole nitrogens is 2. The molecule has 0 bridgehead atoms. The van der Waals surface area contributed by atoms with Gasteiger partial charge in [0.2, 0.25) is 5.88 Å². The number of hydrogen-bond donors (Lipinski definition) is 3. The molecule has 1 saturated carbocycles. The van der Waals surface area contributed by atoms with Gasteiger partial charge in [-0.25, -0.2) is 4.79 Å². The first-order valence-corrected chi connectivity index (χ1v) is 11.7. The molecule has 32 heavy (non-hydrogen) atoms. The fraction of sp³-hybridized carbons (Fsp3) is 0.480. The molecule has 3 N–H and O–H groups in total. The predicted octanol–water partition coefficient (Wildman–Crippen LogP) is 4.45. The van der Waals surface area contributed by atoms with E-state index in [-0.39, 0.29) is 23.5 Å². The van der Waals surface area contributed by atoms with Gasteiger partial charge in [-0.05, 0) is 43.7 Å². The lowest BCUT2D eigenvalue weighted by Crippen LogP contribution is -2.36. The maximum atomic E-state index is 12.7. The summed E-state index contributed by atoms with van der Waals surface area (Å²) in [5, 5.41) is 12.2. The van der Waals surface area contributed by atoms with Crippen molar-refractivity contribution >= 4 is 16.6 Å². The van der Waals surface area contributed by atoms with Crippen molar-refractivity contribution in [2.75, 3.05) is 0 Å². The molecule has 1 fully saturated rings. The Hall–Kier alpha value is -3.09. The third-order valence-electron chi connectivity index (χ3n) is 6.62. The third kappa shape index (κ3) is 4.29. The molecule has 2 aromatic heterocycles. The van der Waals surface area contributed by atoms with Gasteiger partial charge in [0, 0.05) is 23.1 Å². The summed E-state index contributed by atoms with van der Waals surface area (Å²) in [5.41, 5.74) is 1.84. The Balaban J connectivity index is 1.71. The third-order valence-corrected chi connectivity index (χ3v) is 6.62. The van der Waals surface area contributed by atoms with Gasteiger partial charge in [0.15, 0.2) is 0 Å². The van der Waals surface area contributed by atoms with E-state index in [1.807, 2.05) is 31.3 Å². The van der Waals surface area contributed by atoms with Crippen molar-refractivity contribution in [1.29, 1.82) is 0 Å². The second kappa shape index (κ2) is 9.59. The minimum absolute atomic E-state index is 0.0435. The van der Waals surface area contributed by atoms with Crippen molar-refractivity contribution in [3.63, 3.8) is 0 Å². The monoisotopic (exact) mass is 436 g/mol. The Kier molecular flexibility index (Phi) is 6.63. The van der Waals surface area contributed by atoms with E-state index in [1.165, 1.54) is 15.5 Å². The molecule has 0 aliphatic heterocycles. The number of nitrogens with one attached hydrogen (secondary N) is 2. The van der Waals surface area contributed by atoms with Crippen molar-refractivity contribution < 1.29 is 5.11 Å². The van der Waals surface area contributed by atoms with Crippen LogP contribution in [0.2, 0.25) is 0 Å². The zero-order valence-corrected chi connectivity index (χ0v) is 18.9. The van der Waals surface area contributed by atoms with E-state index in [1.54, 1.807) is 0 Å². The van der Waals surface area contributed by atoms with Gasteiger partial charge in [-0.15, -0.1) is 0 Å². The van der Waals surface area contributed by atoms with Crippen LogP contribution >= 0.6 is 0 Å². The molecule has 0 radical (unpaired) electrons. The molecule has 7 nitrogen and oxygen atoms in total. The Labute approximate surface area is 187 Å². The number of aromatic amines is 2. The van der Waals surface area contributed by atoms with Crippen LogP contribution in [0.3, 0.4) is 0 Å². The van der Waals surface area contributed by atoms with Crippen LogP contribution in [0.1, 0.15) is 76.0 Å².